The van der Waals surface area contributed by atoms with Crippen LogP contribution in [0, 0.1) is 0 Å². The van der Waals surface area contributed by atoms with E-state index in [0.717, 1.165) is 13.0 Å². The fraction of sp³-hybridized carbons (Fsp3) is 0.778. The fourth-order valence-corrected chi connectivity index (χ4v) is 0.556. The number of carbonyl (C=O) groups is 2. The number of rotatable bonds is 8. The lowest BCUT2D eigenvalue weighted by molar-refractivity contribution is -0.249. The summed E-state index contributed by atoms with van der Waals surface area (Å²) in [5.41, 5.74) is 0. The van der Waals surface area contributed by atoms with Crippen molar-refractivity contribution in [1.29, 1.82) is 0 Å². The van der Waals surface area contributed by atoms with Crippen molar-refractivity contribution < 1.29 is 34.7 Å². The smallest absolute Gasteiger partial charge is 0.303 e. The average Bonchev–Trinajstić information content (AvgIpc) is 2.23. The number of ether oxygens (including phenoxy) is 1. The summed E-state index contributed by atoms with van der Waals surface area (Å²) in [5, 5.41) is 23.6. The molecule has 7 nitrogen and oxygen atoms in total. The highest BCUT2D eigenvalue weighted by Crippen LogP contribution is 1.86. The fourth-order valence-electron chi connectivity index (χ4n) is 0.556. The van der Waals surface area contributed by atoms with Crippen molar-refractivity contribution in [2.45, 2.75) is 26.2 Å². The van der Waals surface area contributed by atoms with E-state index >= 15 is 0 Å². The molecule has 0 aromatic rings. The SMILES string of the molecule is CCCOCCOO.O=C(O)CCC(=O)O. The number of carboxylic acids is 2. The van der Waals surface area contributed by atoms with Gasteiger partial charge < -0.3 is 14.9 Å². The van der Waals surface area contributed by atoms with Gasteiger partial charge in [0.05, 0.1) is 19.4 Å². The Bertz CT molecular complexity index is 161. The van der Waals surface area contributed by atoms with Crippen molar-refractivity contribution in [2.24, 2.45) is 0 Å². The van der Waals surface area contributed by atoms with E-state index in [0.29, 0.717) is 6.61 Å². The van der Waals surface area contributed by atoms with Crippen molar-refractivity contribution in [2.75, 3.05) is 19.8 Å². The second-order valence-electron chi connectivity index (χ2n) is 2.73. The first-order chi connectivity index (χ1) is 7.54. The highest BCUT2D eigenvalue weighted by atomic mass is 17.1. The maximum atomic E-state index is 9.64. The van der Waals surface area contributed by atoms with Crippen molar-refractivity contribution in [3.8, 4) is 0 Å². The van der Waals surface area contributed by atoms with Gasteiger partial charge in [-0.15, -0.1) is 0 Å². The molecule has 0 spiro atoms. The van der Waals surface area contributed by atoms with E-state index in [-0.39, 0.29) is 19.4 Å². The summed E-state index contributed by atoms with van der Waals surface area (Å²) in [7, 11) is 0. The van der Waals surface area contributed by atoms with Crippen LogP contribution in [0.25, 0.3) is 0 Å². The van der Waals surface area contributed by atoms with Gasteiger partial charge in [-0.3, -0.25) is 14.8 Å². The number of aliphatic carboxylic acids is 2. The highest BCUT2D eigenvalue weighted by molar-refractivity contribution is 5.75. The summed E-state index contributed by atoms with van der Waals surface area (Å²) in [6, 6.07) is 0. The molecule has 0 atom stereocenters. The van der Waals surface area contributed by atoms with Gasteiger partial charge in [0.2, 0.25) is 0 Å². The van der Waals surface area contributed by atoms with E-state index < -0.39 is 11.9 Å². The molecule has 0 bridgehead atoms. The van der Waals surface area contributed by atoms with Crippen LogP contribution in [0.4, 0.5) is 0 Å². The van der Waals surface area contributed by atoms with Crippen molar-refractivity contribution in [1.82, 2.24) is 0 Å². The molecule has 0 fully saturated rings. The van der Waals surface area contributed by atoms with Gasteiger partial charge >= 0.3 is 11.9 Å². The van der Waals surface area contributed by atoms with Crippen LogP contribution in [-0.2, 0) is 19.2 Å². The molecule has 0 rings (SSSR count). The van der Waals surface area contributed by atoms with E-state index in [9.17, 15) is 9.59 Å². The molecule has 0 unspecified atom stereocenters. The lowest BCUT2D eigenvalue weighted by Crippen LogP contribution is -2.01. The van der Waals surface area contributed by atoms with E-state index in [2.05, 4.69) is 4.89 Å². The van der Waals surface area contributed by atoms with E-state index in [1.165, 1.54) is 0 Å². The summed E-state index contributed by atoms with van der Waals surface area (Å²) < 4.78 is 4.94. The van der Waals surface area contributed by atoms with Crippen LogP contribution in [0.2, 0.25) is 0 Å². The molecular formula is C9H18O7. The lowest BCUT2D eigenvalue weighted by Gasteiger charge is -1.97. The molecule has 0 aromatic heterocycles. The van der Waals surface area contributed by atoms with Crippen molar-refractivity contribution in [3.05, 3.63) is 0 Å². The van der Waals surface area contributed by atoms with Crippen LogP contribution in [0.5, 0.6) is 0 Å². The molecule has 0 aromatic carbocycles. The van der Waals surface area contributed by atoms with Gasteiger partial charge in [0.25, 0.3) is 0 Å². The summed E-state index contributed by atoms with van der Waals surface area (Å²) in [5.74, 6) is -2.15. The number of hydrogen-bond donors (Lipinski definition) is 3. The van der Waals surface area contributed by atoms with Crippen molar-refractivity contribution in [3.63, 3.8) is 0 Å². The van der Waals surface area contributed by atoms with Crippen LogP contribution in [0.3, 0.4) is 0 Å². The Morgan fingerprint density at radius 1 is 1.00 bits per heavy atom. The summed E-state index contributed by atoms with van der Waals surface area (Å²) in [6.07, 6.45) is 0.413. The Balaban J connectivity index is 0. The molecule has 0 heterocycles. The number of hydrogen-bond acceptors (Lipinski definition) is 5. The lowest BCUT2D eigenvalue weighted by atomic mass is 10.3. The largest absolute Gasteiger partial charge is 0.481 e. The summed E-state index contributed by atoms with van der Waals surface area (Å²) in [4.78, 5) is 23.0. The van der Waals surface area contributed by atoms with Crippen molar-refractivity contribution >= 4 is 11.9 Å². The zero-order valence-electron chi connectivity index (χ0n) is 9.22. The molecule has 0 aliphatic rings. The topological polar surface area (TPSA) is 113 Å². The van der Waals surface area contributed by atoms with Gasteiger partial charge in [-0.05, 0) is 6.42 Å². The summed E-state index contributed by atoms with van der Waals surface area (Å²) >= 11 is 0. The minimum atomic E-state index is -1.08. The predicted molar refractivity (Wildman–Crippen MR) is 54.2 cm³/mol. The van der Waals surface area contributed by atoms with E-state index in [1.54, 1.807) is 0 Å². The van der Waals surface area contributed by atoms with Gasteiger partial charge in [-0.25, -0.2) is 4.89 Å². The Morgan fingerprint density at radius 3 is 1.81 bits per heavy atom. The third-order valence-electron chi connectivity index (χ3n) is 1.22. The Kier molecular flexibility index (Phi) is 14.9. The standard InChI is InChI=1S/C5H12O3.C4H6O4/c1-2-3-7-4-5-8-6;5-3(6)1-2-4(7)8/h6H,2-5H2,1H3;1-2H2,(H,5,6)(H,7,8). The molecular weight excluding hydrogens is 220 g/mol. The molecule has 0 saturated carbocycles. The maximum absolute atomic E-state index is 9.64. The van der Waals surface area contributed by atoms with Gasteiger partial charge in [-0.1, -0.05) is 6.92 Å². The van der Waals surface area contributed by atoms with Gasteiger partial charge in [0.1, 0.15) is 6.61 Å². The van der Waals surface area contributed by atoms with Crippen LogP contribution in [0.1, 0.15) is 26.2 Å². The molecule has 96 valence electrons. The third kappa shape index (κ3) is 23.0. The van der Waals surface area contributed by atoms with Gasteiger partial charge in [0.15, 0.2) is 0 Å². The first-order valence-electron chi connectivity index (χ1n) is 4.82. The number of carboxylic acid groups (broad SMARTS) is 2. The monoisotopic (exact) mass is 238 g/mol. The molecule has 0 radical (unpaired) electrons. The average molecular weight is 238 g/mol. The zero-order chi connectivity index (χ0) is 12.8. The second kappa shape index (κ2) is 13.8. The van der Waals surface area contributed by atoms with Gasteiger partial charge in [0, 0.05) is 6.61 Å². The predicted octanol–water partition coefficient (Wildman–Crippen LogP) is 0.838. The maximum Gasteiger partial charge on any atom is 0.303 e. The zero-order valence-corrected chi connectivity index (χ0v) is 9.22. The van der Waals surface area contributed by atoms with Crippen LogP contribution in [-0.4, -0.2) is 47.2 Å². The minimum absolute atomic E-state index is 0.264. The molecule has 3 N–H and O–H groups in total. The first-order valence-corrected chi connectivity index (χ1v) is 4.82. The second-order valence-corrected chi connectivity index (χ2v) is 2.73. The van der Waals surface area contributed by atoms with Crippen LogP contribution < -0.4 is 0 Å². The Morgan fingerprint density at radius 2 is 1.50 bits per heavy atom. The summed E-state index contributed by atoms with van der Waals surface area (Å²) in [6.45, 7) is 3.51. The Hall–Kier alpha value is -1.18. The van der Waals surface area contributed by atoms with E-state index in [1.807, 2.05) is 6.92 Å². The van der Waals surface area contributed by atoms with Crippen LogP contribution in [0.15, 0.2) is 0 Å². The normalized spacial score (nSPS) is 9.12. The quantitative estimate of drug-likeness (QED) is 0.326. The molecule has 0 aliphatic carbocycles. The molecule has 0 amide bonds. The Labute approximate surface area is 93.5 Å². The highest BCUT2D eigenvalue weighted by Gasteiger charge is 2.00. The molecule has 7 heteroatoms. The third-order valence-corrected chi connectivity index (χ3v) is 1.22. The minimum Gasteiger partial charge on any atom is -0.481 e. The van der Waals surface area contributed by atoms with Gasteiger partial charge in [-0.2, -0.15) is 0 Å². The van der Waals surface area contributed by atoms with E-state index in [4.69, 9.17) is 20.2 Å². The molecule has 16 heavy (non-hydrogen) atoms. The molecule has 0 aliphatic heterocycles. The molecule has 0 saturated heterocycles. The van der Waals surface area contributed by atoms with Crippen LogP contribution >= 0.6 is 0 Å². The first kappa shape index (κ1) is 17.2.